The fourth-order valence-electron chi connectivity index (χ4n) is 1.23. The zero-order valence-electron chi connectivity index (χ0n) is 11.0. The predicted molar refractivity (Wildman–Crippen MR) is 71.6 cm³/mol. The first kappa shape index (κ1) is 14.3. The molecule has 0 atom stereocenters. The van der Waals surface area contributed by atoms with Crippen molar-refractivity contribution in [1.82, 2.24) is 10.3 Å². The number of hydrogen-bond donors (Lipinski definition) is 1. The van der Waals surface area contributed by atoms with Gasteiger partial charge in [-0.1, -0.05) is 18.5 Å². The van der Waals surface area contributed by atoms with E-state index < -0.39 is 0 Å². The molecule has 0 unspecified atom stereocenters. The SMILES string of the molecule is CCCOc1ncc(CNC(C)(C)C)cc1Cl. The molecule has 17 heavy (non-hydrogen) atoms. The first-order valence-corrected chi connectivity index (χ1v) is 6.32. The quantitative estimate of drug-likeness (QED) is 0.877. The maximum absolute atomic E-state index is 6.10. The molecule has 0 saturated carbocycles. The highest BCUT2D eigenvalue weighted by molar-refractivity contribution is 6.31. The Morgan fingerprint density at radius 1 is 1.41 bits per heavy atom. The van der Waals surface area contributed by atoms with E-state index in [0.29, 0.717) is 17.5 Å². The molecule has 0 aliphatic heterocycles. The van der Waals surface area contributed by atoms with Crippen LogP contribution in [0.1, 0.15) is 39.7 Å². The summed E-state index contributed by atoms with van der Waals surface area (Å²) in [5.41, 5.74) is 1.15. The average molecular weight is 257 g/mol. The van der Waals surface area contributed by atoms with Gasteiger partial charge in [-0.3, -0.25) is 0 Å². The minimum absolute atomic E-state index is 0.0872. The lowest BCUT2D eigenvalue weighted by molar-refractivity contribution is 0.305. The molecule has 96 valence electrons. The Kier molecular flexibility index (Phi) is 5.22. The van der Waals surface area contributed by atoms with Crippen molar-refractivity contribution in [2.24, 2.45) is 0 Å². The van der Waals surface area contributed by atoms with Crippen LogP contribution < -0.4 is 10.1 Å². The smallest absolute Gasteiger partial charge is 0.232 e. The number of rotatable bonds is 5. The number of hydrogen-bond acceptors (Lipinski definition) is 3. The van der Waals surface area contributed by atoms with Crippen LogP contribution in [0.3, 0.4) is 0 Å². The summed E-state index contributed by atoms with van der Waals surface area (Å²) in [4.78, 5) is 4.22. The molecule has 0 fully saturated rings. The summed E-state index contributed by atoms with van der Waals surface area (Å²) in [6.07, 6.45) is 2.75. The lowest BCUT2D eigenvalue weighted by Gasteiger charge is -2.20. The van der Waals surface area contributed by atoms with E-state index >= 15 is 0 Å². The zero-order chi connectivity index (χ0) is 12.9. The summed E-state index contributed by atoms with van der Waals surface area (Å²) in [6, 6.07) is 1.90. The molecule has 4 heteroatoms. The third-order valence-corrected chi connectivity index (χ3v) is 2.40. The van der Waals surface area contributed by atoms with E-state index in [1.165, 1.54) is 0 Å². The van der Waals surface area contributed by atoms with E-state index in [-0.39, 0.29) is 5.54 Å². The molecule has 0 aliphatic rings. The van der Waals surface area contributed by atoms with Crippen molar-refractivity contribution in [2.75, 3.05) is 6.61 Å². The second-order valence-corrected chi connectivity index (χ2v) is 5.49. The first-order valence-electron chi connectivity index (χ1n) is 5.94. The third-order valence-electron chi connectivity index (χ3n) is 2.13. The van der Waals surface area contributed by atoms with Gasteiger partial charge in [0, 0.05) is 18.3 Å². The van der Waals surface area contributed by atoms with Gasteiger partial charge in [-0.05, 0) is 38.8 Å². The summed E-state index contributed by atoms with van der Waals surface area (Å²) in [6.45, 7) is 9.83. The molecule has 0 aliphatic carbocycles. The van der Waals surface area contributed by atoms with Gasteiger partial charge < -0.3 is 10.1 Å². The Morgan fingerprint density at radius 3 is 2.65 bits per heavy atom. The Morgan fingerprint density at radius 2 is 2.12 bits per heavy atom. The summed E-state index contributed by atoms with van der Waals surface area (Å²) in [5, 5.41) is 3.96. The molecule has 0 aromatic carbocycles. The van der Waals surface area contributed by atoms with E-state index in [0.717, 1.165) is 18.5 Å². The van der Waals surface area contributed by atoms with Gasteiger partial charge >= 0.3 is 0 Å². The van der Waals surface area contributed by atoms with Crippen molar-refractivity contribution < 1.29 is 4.74 Å². The summed E-state index contributed by atoms with van der Waals surface area (Å²) in [7, 11) is 0. The van der Waals surface area contributed by atoms with Crippen LogP contribution in [0.4, 0.5) is 0 Å². The number of nitrogens with one attached hydrogen (secondary N) is 1. The first-order chi connectivity index (χ1) is 7.92. The van der Waals surface area contributed by atoms with Crippen LogP contribution in [0.25, 0.3) is 0 Å². The van der Waals surface area contributed by atoms with Crippen molar-refractivity contribution in [1.29, 1.82) is 0 Å². The topological polar surface area (TPSA) is 34.1 Å². The number of ether oxygens (including phenoxy) is 1. The second-order valence-electron chi connectivity index (χ2n) is 5.08. The number of nitrogens with zero attached hydrogens (tertiary/aromatic N) is 1. The molecule has 3 nitrogen and oxygen atoms in total. The van der Waals surface area contributed by atoms with E-state index in [2.05, 4.69) is 38.0 Å². The fraction of sp³-hybridized carbons (Fsp3) is 0.615. The minimum Gasteiger partial charge on any atom is -0.477 e. The molecule has 1 rings (SSSR count). The van der Waals surface area contributed by atoms with Crippen molar-refractivity contribution in [2.45, 2.75) is 46.2 Å². The summed E-state index contributed by atoms with van der Waals surface area (Å²) >= 11 is 6.10. The van der Waals surface area contributed by atoms with Crippen LogP contribution in [0.15, 0.2) is 12.3 Å². The molecule has 1 N–H and O–H groups in total. The summed E-state index contributed by atoms with van der Waals surface area (Å²) in [5.74, 6) is 0.521. The van der Waals surface area contributed by atoms with Gasteiger partial charge in [0.05, 0.1) is 6.61 Å². The zero-order valence-corrected chi connectivity index (χ0v) is 11.8. The average Bonchev–Trinajstić information content (AvgIpc) is 2.24. The summed E-state index contributed by atoms with van der Waals surface area (Å²) < 4.78 is 5.42. The van der Waals surface area contributed by atoms with Crippen molar-refractivity contribution in [3.05, 3.63) is 22.8 Å². The minimum atomic E-state index is 0.0872. The molecule has 0 radical (unpaired) electrons. The van der Waals surface area contributed by atoms with E-state index in [4.69, 9.17) is 16.3 Å². The predicted octanol–water partition coefficient (Wildman–Crippen LogP) is 3.41. The molecule has 0 bridgehead atoms. The molecule has 1 aromatic rings. The fourth-order valence-corrected chi connectivity index (χ4v) is 1.48. The highest BCUT2D eigenvalue weighted by Gasteiger charge is 2.10. The lowest BCUT2D eigenvalue weighted by atomic mass is 10.1. The largest absolute Gasteiger partial charge is 0.477 e. The Bertz CT molecular complexity index is 361. The Labute approximate surface area is 109 Å². The maximum Gasteiger partial charge on any atom is 0.232 e. The molecule has 0 saturated heterocycles. The standard InChI is InChI=1S/C13H21ClN2O/c1-5-6-17-12-11(14)7-10(8-15-12)9-16-13(2,3)4/h7-8,16H,5-6,9H2,1-4H3. The number of pyridine rings is 1. The van der Waals surface area contributed by atoms with Crippen LogP contribution in [0, 0.1) is 0 Å². The van der Waals surface area contributed by atoms with Crippen LogP contribution >= 0.6 is 11.6 Å². The maximum atomic E-state index is 6.10. The molecule has 0 spiro atoms. The van der Waals surface area contributed by atoms with E-state index in [1.807, 2.05) is 6.07 Å². The molecular formula is C13H21ClN2O. The molecule has 0 amide bonds. The third kappa shape index (κ3) is 5.37. The van der Waals surface area contributed by atoms with Gasteiger partial charge in [0.2, 0.25) is 5.88 Å². The second kappa shape index (κ2) is 6.22. The van der Waals surface area contributed by atoms with Crippen molar-refractivity contribution in [3.63, 3.8) is 0 Å². The van der Waals surface area contributed by atoms with Gasteiger partial charge in [-0.15, -0.1) is 0 Å². The molecule has 1 aromatic heterocycles. The molecule has 1 heterocycles. The Hall–Kier alpha value is -0.800. The van der Waals surface area contributed by atoms with Crippen molar-refractivity contribution in [3.8, 4) is 5.88 Å². The lowest BCUT2D eigenvalue weighted by Crippen LogP contribution is -2.35. The normalized spacial score (nSPS) is 11.6. The van der Waals surface area contributed by atoms with Gasteiger partial charge in [0.15, 0.2) is 0 Å². The van der Waals surface area contributed by atoms with Gasteiger partial charge in [-0.25, -0.2) is 4.98 Å². The van der Waals surface area contributed by atoms with Gasteiger partial charge in [0.1, 0.15) is 5.02 Å². The van der Waals surface area contributed by atoms with Crippen molar-refractivity contribution >= 4 is 11.6 Å². The number of aromatic nitrogens is 1. The highest BCUT2D eigenvalue weighted by Crippen LogP contribution is 2.22. The van der Waals surface area contributed by atoms with Crippen LogP contribution in [-0.4, -0.2) is 17.1 Å². The van der Waals surface area contributed by atoms with E-state index in [9.17, 15) is 0 Å². The van der Waals surface area contributed by atoms with Crippen LogP contribution in [-0.2, 0) is 6.54 Å². The Balaban J connectivity index is 2.62. The monoisotopic (exact) mass is 256 g/mol. The molecular weight excluding hydrogens is 236 g/mol. The van der Waals surface area contributed by atoms with Crippen LogP contribution in [0.5, 0.6) is 5.88 Å². The van der Waals surface area contributed by atoms with Gasteiger partial charge in [0.25, 0.3) is 0 Å². The number of halogens is 1. The van der Waals surface area contributed by atoms with Crippen LogP contribution in [0.2, 0.25) is 5.02 Å². The van der Waals surface area contributed by atoms with Gasteiger partial charge in [-0.2, -0.15) is 0 Å². The van der Waals surface area contributed by atoms with E-state index in [1.54, 1.807) is 6.20 Å². The highest BCUT2D eigenvalue weighted by atomic mass is 35.5.